The second-order valence-corrected chi connectivity index (χ2v) is 7.76. The number of nitrogens with one attached hydrogen (secondary N) is 1. The first kappa shape index (κ1) is 21.8. The molecule has 1 atom stereocenters. The second kappa shape index (κ2) is 8.87. The van der Waals surface area contributed by atoms with Crippen molar-refractivity contribution >= 4 is 28.3 Å². The minimum Gasteiger partial charge on any atom is -0.497 e. The number of aryl methyl sites for hydroxylation is 1. The van der Waals surface area contributed by atoms with Gasteiger partial charge in [0.2, 0.25) is 0 Å². The minimum atomic E-state index is -1.54. The average molecular weight is 438 g/mol. The van der Waals surface area contributed by atoms with Crippen molar-refractivity contribution in [2.75, 3.05) is 12.4 Å². The van der Waals surface area contributed by atoms with Gasteiger partial charge in [-0.15, -0.1) is 11.3 Å². The van der Waals surface area contributed by atoms with Crippen LogP contribution in [0.1, 0.15) is 42.9 Å². The highest BCUT2D eigenvalue weighted by Crippen LogP contribution is 2.41. The quantitative estimate of drug-likeness (QED) is 0.404. The first-order valence-corrected chi connectivity index (χ1v) is 9.81. The van der Waals surface area contributed by atoms with Gasteiger partial charge in [-0.3, -0.25) is 0 Å². The number of hydrogen-bond acceptors (Lipinski definition) is 7. The van der Waals surface area contributed by atoms with Gasteiger partial charge in [-0.2, -0.15) is 5.26 Å². The largest absolute Gasteiger partial charge is 0.497 e. The number of nitrogens with zero attached hydrogens (tertiary/aromatic N) is 1. The number of anilines is 1. The van der Waals surface area contributed by atoms with E-state index >= 15 is 0 Å². The Morgan fingerprint density at radius 1 is 1.13 bits per heavy atom. The molecule has 0 radical (unpaired) electrons. The summed E-state index contributed by atoms with van der Waals surface area (Å²) in [6, 6.07) is 12.7. The van der Waals surface area contributed by atoms with Crippen LogP contribution < -0.4 is 10.1 Å². The van der Waals surface area contributed by atoms with Gasteiger partial charge in [0.05, 0.1) is 23.8 Å². The number of thiophene rings is 1. The number of carboxylic acid groups (broad SMARTS) is 2. The SMILES string of the molecule is COc1ccc(-c2c(C)sc(NC(O)c3cc(C(=O)O)ccc3C(=O)O)c2C#N)cc1. The van der Waals surface area contributed by atoms with Crippen molar-refractivity contribution in [2.45, 2.75) is 13.2 Å². The number of aromatic carboxylic acids is 2. The highest BCUT2D eigenvalue weighted by molar-refractivity contribution is 7.16. The third-order valence-corrected chi connectivity index (χ3v) is 5.70. The van der Waals surface area contributed by atoms with Crippen LogP contribution >= 0.6 is 11.3 Å². The number of aliphatic hydroxyl groups excluding tert-OH is 1. The van der Waals surface area contributed by atoms with Crippen LogP contribution in [0.15, 0.2) is 42.5 Å². The summed E-state index contributed by atoms with van der Waals surface area (Å²) in [7, 11) is 1.56. The first-order chi connectivity index (χ1) is 14.8. The fraction of sp³-hybridized carbons (Fsp3) is 0.136. The molecular weight excluding hydrogens is 420 g/mol. The molecule has 1 aromatic heterocycles. The molecule has 8 nitrogen and oxygen atoms in total. The summed E-state index contributed by atoms with van der Waals surface area (Å²) in [4.78, 5) is 23.6. The van der Waals surface area contributed by atoms with Crippen molar-refractivity contribution < 1.29 is 29.6 Å². The smallest absolute Gasteiger partial charge is 0.336 e. The Hall–Kier alpha value is -3.87. The molecule has 0 amide bonds. The maximum Gasteiger partial charge on any atom is 0.336 e. The Kier molecular flexibility index (Phi) is 6.25. The van der Waals surface area contributed by atoms with Gasteiger partial charge in [-0.1, -0.05) is 12.1 Å². The lowest BCUT2D eigenvalue weighted by molar-refractivity contribution is 0.0676. The van der Waals surface area contributed by atoms with E-state index in [4.69, 9.17) is 4.74 Å². The molecule has 3 aromatic rings. The maximum absolute atomic E-state index is 11.5. The molecule has 0 bridgehead atoms. The van der Waals surface area contributed by atoms with E-state index in [9.17, 15) is 30.2 Å². The fourth-order valence-electron chi connectivity index (χ4n) is 3.18. The fourth-order valence-corrected chi connectivity index (χ4v) is 4.23. The number of ether oxygens (including phenoxy) is 1. The summed E-state index contributed by atoms with van der Waals surface area (Å²) < 4.78 is 5.16. The van der Waals surface area contributed by atoms with E-state index in [0.717, 1.165) is 28.6 Å². The standard InChI is InChI=1S/C22H18N2O6S/c1-11-18(12-3-6-14(30-2)7-4-12)17(10-23)20(31-11)24-19(25)16-9-13(21(26)27)5-8-15(16)22(28)29/h3-9,19,24-25H,1-2H3,(H,26,27)(H,28,29). The van der Waals surface area contributed by atoms with Crippen molar-refractivity contribution in [1.82, 2.24) is 0 Å². The lowest BCUT2D eigenvalue weighted by Crippen LogP contribution is -2.15. The number of carboxylic acids is 2. The molecule has 0 saturated carbocycles. The molecule has 3 rings (SSSR count). The van der Waals surface area contributed by atoms with Crippen molar-refractivity contribution in [2.24, 2.45) is 0 Å². The highest BCUT2D eigenvalue weighted by Gasteiger charge is 2.23. The Labute approximate surface area is 181 Å². The van der Waals surface area contributed by atoms with Gasteiger partial charge >= 0.3 is 11.9 Å². The van der Waals surface area contributed by atoms with E-state index in [-0.39, 0.29) is 22.3 Å². The van der Waals surface area contributed by atoms with Gasteiger partial charge in [0.1, 0.15) is 16.8 Å². The van der Waals surface area contributed by atoms with Gasteiger partial charge in [0.25, 0.3) is 0 Å². The van der Waals surface area contributed by atoms with Crippen molar-refractivity contribution in [3.8, 4) is 22.9 Å². The molecule has 0 aliphatic heterocycles. The predicted octanol–water partition coefficient (Wildman–Crippen LogP) is 4.10. The normalized spacial score (nSPS) is 11.4. The van der Waals surface area contributed by atoms with Crippen LogP contribution in [0.5, 0.6) is 5.75 Å². The van der Waals surface area contributed by atoms with Gasteiger partial charge in [0, 0.05) is 16.0 Å². The number of hydrogen-bond donors (Lipinski definition) is 4. The molecule has 0 spiro atoms. The molecule has 1 unspecified atom stereocenters. The maximum atomic E-state index is 11.5. The highest BCUT2D eigenvalue weighted by atomic mass is 32.1. The van der Waals surface area contributed by atoms with Crippen LogP contribution in [0.4, 0.5) is 5.00 Å². The van der Waals surface area contributed by atoms with Gasteiger partial charge in [-0.25, -0.2) is 9.59 Å². The van der Waals surface area contributed by atoms with E-state index < -0.39 is 18.2 Å². The molecule has 2 aromatic carbocycles. The summed E-state index contributed by atoms with van der Waals surface area (Å²) in [6.07, 6.45) is -1.54. The topological polar surface area (TPSA) is 140 Å². The summed E-state index contributed by atoms with van der Waals surface area (Å²) in [5.74, 6) is -1.89. The van der Waals surface area contributed by atoms with Crippen LogP contribution in [-0.2, 0) is 0 Å². The molecule has 158 valence electrons. The molecule has 0 fully saturated rings. The van der Waals surface area contributed by atoms with Crippen molar-refractivity contribution in [3.63, 3.8) is 0 Å². The summed E-state index contributed by atoms with van der Waals surface area (Å²) in [5.41, 5.74) is 1.23. The Bertz CT molecular complexity index is 1190. The van der Waals surface area contributed by atoms with Crippen LogP contribution in [0, 0.1) is 18.3 Å². The van der Waals surface area contributed by atoms with E-state index in [1.165, 1.54) is 11.3 Å². The van der Waals surface area contributed by atoms with Crippen molar-refractivity contribution in [3.05, 3.63) is 69.6 Å². The van der Waals surface area contributed by atoms with E-state index in [1.54, 1.807) is 19.2 Å². The monoisotopic (exact) mass is 438 g/mol. The zero-order valence-electron chi connectivity index (χ0n) is 16.5. The third kappa shape index (κ3) is 4.35. The third-order valence-electron chi connectivity index (χ3n) is 4.67. The number of aliphatic hydroxyl groups is 1. The van der Waals surface area contributed by atoms with Crippen LogP contribution in [0.2, 0.25) is 0 Å². The number of benzene rings is 2. The summed E-state index contributed by atoms with van der Waals surface area (Å²) in [5, 5.41) is 42.1. The Morgan fingerprint density at radius 2 is 1.81 bits per heavy atom. The van der Waals surface area contributed by atoms with E-state index in [1.807, 2.05) is 19.1 Å². The second-order valence-electron chi connectivity index (χ2n) is 6.54. The Balaban J connectivity index is 2.02. The zero-order valence-corrected chi connectivity index (χ0v) is 17.4. The molecule has 4 N–H and O–H groups in total. The molecule has 0 aliphatic carbocycles. The number of methoxy groups -OCH3 is 1. The number of nitriles is 1. The summed E-state index contributed by atoms with van der Waals surface area (Å²) >= 11 is 1.23. The molecule has 31 heavy (non-hydrogen) atoms. The van der Waals surface area contributed by atoms with Crippen LogP contribution in [0.3, 0.4) is 0 Å². The summed E-state index contributed by atoms with van der Waals surface area (Å²) in [6.45, 7) is 1.83. The van der Waals surface area contributed by atoms with Crippen molar-refractivity contribution in [1.29, 1.82) is 5.26 Å². The van der Waals surface area contributed by atoms with E-state index in [0.29, 0.717) is 16.3 Å². The average Bonchev–Trinajstić information content (AvgIpc) is 3.07. The number of rotatable bonds is 7. The first-order valence-electron chi connectivity index (χ1n) is 8.99. The minimum absolute atomic E-state index is 0.117. The lowest BCUT2D eigenvalue weighted by Gasteiger charge is -2.16. The lowest BCUT2D eigenvalue weighted by atomic mass is 10.0. The van der Waals surface area contributed by atoms with Gasteiger partial charge in [-0.05, 0) is 42.8 Å². The van der Waals surface area contributed by atoms with E-state index in [2.05, 4.69) is 11.4 Å². The molecule has 0 saturated heterocycles. The molecule has 9 heteroatoms. The molecular formula is C22H18N2O6S. The predicted molar refractivity (Wildman–Crippen MR) is 115 cm³/mol. The number of carbonyl (C=O) groups is 2. The van der Waals surface area contributed by atoms with Crippen LogP contribution in [0.25, 0.3) is 11.1 Å². The molecule has 1 heterocycles. The van der Waals surface area contributed by atoms with Crippen LogP contribution in [-0.4, -0.2) is 34.4 Å². The molecule has 0 aliphatic rings. The zero-order chi connectivity index (χ0) is 22.7. The van der Waals surface area contributed by atoms with Gasteiger partial charge in [0.15, 0.2) is 6.23 Å². The van der Waals surface area contributed by atoms with Gasteiger partial charge < -0.3 is 25.4 Å². The Morgan fingerprint density at radius 3 is 2.35 bits per heavy atom.